The standard InChI is InChI=1S/C12H15N3O2/c1-8-2-3-9(6-13-8)12(17)15-10-4-5-11(16)14-7-10/h2-3,6,10H,4-5,7H2,1H3,(H,14,16)(H,15,17)/t10-/m0/s1. The van der Waals surface area contributed by atoms with Crippen molar-refractivity contribution in [2.24, 2.45) is 0 Å². The topological polar surface area (TPSA) is 71.1 Å². The lowest BCUT2D eigenvalue weighted by Gasteiger charge is -2.23. The minimum Gasteiger partial charge on any atom is -0.354 e. The van der Waals surface area contributed by atoms with Gasteiger partial charge in [0.1, 0.15) is 0 Å². The van der Waals surface area contributed by atoms with Crippen molar-refractivity contribution in [3.05, 3.63) is 29.6 Å². The third kappa shape index (κ3) is 3.03. The number of carbonyl (C=O) groups is 2. The summed E-state index contributed by atoms with van der Waals surface area (Å²) in [5.74, 6) is -0.0915. The molecule has 5 heteroatoms. The third-order valence-electron chi connectivity index (χ3n) is 2.77. The van der Waals surface area contributed by atoms with Crippen molar-refractivity contribution < 1.29 is 9.59 Å². The van der Waals surface area contributed by atoms with Crippen molar-refractivity contribution in [2.45, 2.75) is 25.8 Å². The van der Waals surface area contributed by atoms with E-state index >= 15 is 0 Å². The van der Waals surface area contributed by atoms with E-state index in [0.717, 1.165) is 5.69 Å². The first-order valence-electron chi connectivity index (χ1n) is 5.65. The molecule has 1 atom stereocenters. The number of rotatable bonds is 2. The van der Waals surface area contributed by atoms with Gasteiger partial charge in [-0.15, -0.1) is 0 Å². The Bertz CT molecular complexity index is 418. The van der Waals surface area contributed by atoms with Gasteiger partial charge in [0.15, 0.2) is 0 Å². The van der Waals surface area contributed by atoms with E-state index in [1.807, 2.05) is 6.92 Å². The highest BCUT2D eigenvalue weighted by Crippen LogP contribution is 2.05. The molecule has 0 aromatic carbocycles. The summed E-state index contributed by atoms with van der Waals surface area (Å²) in [5, 5.41) is 5.61. The van der Waals surface area contributed by atoms with E-state index in [9.17, 15) is 9.59 Å². The highest BCUT2D eigenvalue weighted by molar-refractivity contribution is 5.94. The van der Waals surface area contributed by atoms with Crippen LogP contribution in [-0.4, -0.2) is 29.4 Å². The van der Waals surface area contributed by atoms with Gasteiger partial charge in [0.2, 0.25) is 5.91 Å². The second-order valence-electron chi connectivity index (χ2n) is 4.20. The maximum absolute atomic E-state index is 11.8. The van der Waals surface area contributed by atoms with Crippen molar-refractivity contribution in [3.8, 4) is 0 Å². The average molecular weight is 233 g/mol. The number of hydrogen-bond acceptors (Lipinski definition) is 3. The molecule has 1 saturated heterocycles. The normalized spacial score (nSPS) is 19.6. The quantitative estimate of drug-likeness (QED) is 0.776. The van der Waals surface area contributed by atoms with E-state index in [-0.39, 0.29) is 17.9 Å². The number of aromatic nitrogens is 1. The molecule has 0 saturated carbocycles. The zero-order valence-electron chi connectivity index (χ0n) is 9.69. The first kappa shape index (κ1) is 11.6. The summed E-state index contributed by atoms with van der Waals surface area (Å²) in [6.45, 7) is 2.38. The molecular formula is C12H15N3O2. The molecule has 5 nitrogen and oxygen atoms in total. The molecule has 1 aliphatic rings. The molecule has 0 bridgehead atoms. The monoisotopic (exact) mass is 233 g/mol. The maximum Gasteiger partial charge on any atom is 0.253 e. The smallest absolute Gasteiger partial charge is 0.253 e. The second-order valence-corrected chi connectivity index (χ2v) is 4.20. The number of nitrogens with one attached hydrogen (secondary N) is 2. The molecule has 1 aliphatic heterocycles. The summed E-state index contributed by atoms with van der Waals surface area (Å²) in [5.41, 5.74) is 1.43. The van der Waals surface area contributed by atoms with Gasteiger partial charge in [-0.2, -0.15) is 0 Å². The van der Waals surface area contributed by atoms with E-state index in [4.69, 9.17) is 0 Å². The average Bonchev–Trinajstić information content (AvgIpc) is 2.33. The number of piperidine rings is 1. The molecule has 1 aromatic heterocycles. The molecule has 0 spiro atoms. The fraction of sp³-hybridized carbons (Fsp3) is 0.417. The lowest BCUT2D eigenvalue weighted by atomic mass is 10.1. The summed E-state index contributed by atoms with van der Waals surface area (Å²) >= 11 is 0. The van der Waals surface area contributed by atoms with Gasteiger partial charge < -0.3 is 10.6 Å². The van der Waals surface area contributed by atoms with Crippen LogP contribution in [0.4, 0.5) is 0 Å². The Morgan fingerprint density at radius 3 is 2.94 bits per heavy atom. The zero-order valence-corrected chi connectivity index (χ0v) is 9.69. The Morgan fingerprint density at radius 2 is 2.35 bits per heavy atom. The highest BCUT2D eigenvalue weighted by atomic mass is 16.2. The Kier molecular flexibility index (Phi) is 3.37. The van der Waals surface area contributed by atoms with E-state index in [1.54, 1.807) is 18.3 Å². The van der Waals surface area contributed by atoms with Crippen LogP contribution in [0.25, 0.3) is 0 Å². The third-order valence-corrected chi connectivity index (χ3v) is 2.77. The SMILES string of the molecule is Cc1ccc(C(=O)N[C@H]2CCC(=O)NC2)cn1. The predicted molar refractivity (Wildman–Crippen MR) is 62.5 cm³/mol. The molecule has 90 valence electrons. The highest BCUT2D eigenvalue weighted by Gasteiger charge is 2.20. The van der Waals surface area contributed by atoms with Gasteiger partial charge in [0.05, 0.1) is 5.56 Å². The number of carbonyl (C=O) groups excluding carboxylic acids is 2. The molecule has 2 amide bonds. The molecule has 0 unspecified atom stereocenters. The van der Waals surface area contributed by atoms with Gasteiger partial charge in [0.25, 0.3) is 5.91 Å². The Morgan fingerprint density at radius 1 is 1.53 bits per heavy atom. The van der Waals surface area contributed by atoms with E-state index < -0.39 is 0 Å². The Hall–Kier alpha value is -1.91. The van der Waals surface area contributed by atoms with Crippen molar-refractivity contribution in [2.75, 3.05) is 6.54 Å². The van der Waals surface area contributed by atoms with Crippen LogP contribution < -0.4 is 10.6 Å². The minimum atomic E-state index is -0.140. The molecule has 2 N–H and O–H groups in total. The van der Waals surface area contributed by atoms with Gasteiger partial charge in [0, 0.05) is 30.9 Å². The van der Waals surface area contributed by atoms with Gasteiger partial charge in [-0.3, -0.25) is 14.6 Å². The summed E-state index contributed by atoms with van der Waals surface area (Å²) in [6, 6.07) is 3.57. The van der Waals surface area contributed by atoms with Crippen LogP contribution in [0.1, 0.15) is 28.9 Å². The molecule has 17 heavy (non-hydrogen) atoms. The van der Waals surface area contributed by atoms with Gasteiger partial charge in [-0.1, -0.05) is 0 Å². The number of aryl methyl sites for hydroxylation is 1. The summed E-state index contributed by atoms with van der Waals surface area (Å²) in [4.78, 5) is 26.9. The second kappa shape index (κ2) is 4.95. The predicted octanol–water partition coefficient (Wildman–Crippen LogP) is 0.398. The minimum absolute atomic E-state index is 0.0153. The van der Waals surface area contributed by atoms with E-state index in [0.29, 0.717) is 24.9 Å². The molecule has 2 heterocycles. The molecule has 1 fully saturated rings. The van der Waals surface area contributed by atoms with Crippen molar-refractivity contribution in [1.82, 2.24) is 15.6 Å². The van der Waals surface area contributed by atoms with Crippen LogP contribution in [0.2, 0.25) is 0 Å². The lowest BCUT2D eigenvalue weighted by Crippen LogP contribution is -2.47. The van der Waals surface area contributed by atoms with E-state index in [2.05, 4.69) is 15.6 Å². The molecule has 0 radical (unpaired) electrons. The zero-order chi connectivity index (χ0) is 12.3. The van der Waals surface area contributed by atoms with Gasteiger partial charge >= 0.3 is 0 Å². The Balaban J connectivity index is 1.93. The molecule has 1 aromatic rings. The number of hydrogen-bond donors (Lipinski definition) is 2. The molecular weight excluding hydrogens is 218 g/mol. The first-order valence-corrected chi connectivity index (χ1v) is 5.65. The summed E-state index contributed by atoms with van der Waals surface area (Å²) in [7, 11) is 0. The van der Waals surface area contributed by atoms with Crippen molar-refractivity contribution >= 4 is 11.8 Å². The fourth-order valence-corrected chi connectivity index (χ4v) is 1.73. The van der Waals surface area contributed by atoms with E-state index in [1.165, 1.54) is 0 Å². The maximum atomic E-state index is 11.8. The van der Waals surface area contributed by atoms with Crippen LogP contribution >= 0.6 is 0 Å². The summed E-state index contributed by atoms with van der Waals surface area (Å²) in [6.07, 6.45) is 2.72. The van der Waals surface area contributed by atoms with Gasteiger partial charge in [-0.05, 0) is 25.5 Å². The molecule has 2 rings (SSSR count). The Labute approximate surface area is 99.6 Å². The van der Waals surface area contributed by atoms with Crippen LogP contribution in [-0.2, 0) is 4.79 Å². The number of amides is 2. The molecule has 0 aliphatic carbocycles. The van der Waals surface area contributed by atoms with Crippen LogP contribution in [0.15, 0.2) is 18.3 Å². The van der Waals surface area contributed by atoms with Crippen LogP contribution in [0.5, 0.6) is 0 Å². The van der Waals surface area contributed by atoms with Crippen LogP contribution in [0, 0.1) is 6.92 Å². The van der Waals surface area contributed by atoms with Gasteiger partial charge in [-0.25, -0.2) is 0 Å². The van der Waals surface area contributed by atoms with Crippen molar-refractivity contribution in [1.29, 1.82) is 0 Å². The fourth-order valence-electron chi connectivity index (χ4n) is 1.73. The summed E-state index contributed by atoms with van der Waals surface area (Å²) < 4.78 is 0. The van der Waals surface area contributed by atoms with Crippen molar-refractivity contribution in [3.63, 3.8) is 0 Å². The largest absolute Gasteiger partial charge is 0.354 e. The number of pyridine rings is 1. The first-order chi connectivity index (χ1) is 8.15. The lowest BCUT2D eigenvalue weighted by molar-refractivity contribution is -0.122. The van der Waals surface area contributed by atoms with Crippen LogP contribution in [0.3, 0.4) is 0 Å². The number of nitrogens with zero attached hydrogens (tertiary/aromatic N) is 1.